The Hall–Kier alpha value is -3.17. The lowest BCUT2D eigenvalue weighted by molar-refractivity contribution is -0.140. The Morgan fingerprint density at radius 2 is 1.54 bits per heavy atom. The van der Waals surface area contributed by atoms with Gasteiger partial charge in [-0.3, -0.25) is 13.9 Å². The highest BCUT2D eigenvalue weighted by atomic mass is 79.9. The summed E-state index contributed by atoms with van der Waals surface area (Å²) in [5, 5.41) is 3.02. The van der Waals surface area contributed by atoms with Crippen LogP contribution in [0.2, 0.25) is 0 Å². The third-order valence-corrected chi connectivity index (χ3v) is 7.65. The third-order valence-electron chi connectivity index (χ3n) is 6.01. The SMILES string of the molecule is Cc1ccc(N(CC(=O)N(Cc2cccc(Br)c2)[C@H](Cc2ccccc2)C(=O)NC(C)(C)C)S(C)(=O)=O)cc1. The van der Waals surface area contributed by atoms with Gasteiger partial charge in [-0.25, -0.2) is 8.42 Å². The average Bonchev–Trinajstić information content (AvgIpc) is 2.84. The van der Waals surface area contributed by atoms with Crippen molar-refractivity contribution in [3.8, 4) is 0 Å². The summed E-state index contributed by atoms with van der Waals surface area (Å²) in [6, 6.07) is 23.1. The first kappa shape index (κ1) is 30.4. The van der Waals surface area contributed by atoms with E-state index in [1.165, 1.54) is 4.90 Å². The number of anilines is 1. The van der Waals surface area contributed by atoms with Gasteiger partial charge in [-0.1, -0.05) is 76.1 Å². The van der Waals surface area contributed by atoms with Crippen molar-refractivity contribution in [1.82, 2.24) is 10.2 Å². The maximum absolute atomic E-state index is 14.1. The summed E-state index contributed by atoms with van der Waals surface area (Å²) in [6.45, 7) is 7.24. The molecule has 0 spiro atoms. The Morgan fingerprint density at radius 3 is 2.10 bits per heavy atom. The van der Waals surface area contributed by atoms with Crippen LogP contribution in [0.4, 0.5) is 5.69 Å². The molecule has 3 aromatic carbocycles. The van der Waals surface area contributed by atoms with Gasteiger partial charge in [0.2, 0.25) is 21.8 Å². The van der Waals surface area contributed by atoms with E-state index in [0.29, 0.717) is 5.69 Å². The van der Waals surface area contributed by atoms with Gasteiger partial charge in [0.15, 0.2) is 0 Å². The second kappa shape index (κ2) is 12.8. The average molecular weight is 615 g/mol. The van der Waals surface area contributed by atoms with Crippen molar-refractivity contribution in [3.05, 3.63) is 100 Å². The minimum Gasteiger partial charge on any atom is -0.350 e. The van der Waals surface area contributed by atoms with Crippen molar-refractivity contribution in [3.63, 3.8) is 0 Å². The molecule has 0 aliphatic carbocycles. The molecule has 0 radical (unpaired) electrons. The summed E-state index contributed by atoms with van der Waals surface area (Å²) in [5.41, 5.74) is 2.52. The monoisotopic (exact) mass is 613 g/mol. The smallest absolute Gasteiger partial charge is 0.244 e. The van der Waals surface area contributed by atoms with Crippen LogP contribution < -0.4 is 9.62 Å². The Morgan fingerprint density at radius 1 is 0.923 bits per heavy atom. The van der Waals surface area contributed by atoms with Gasteiger partial charge in [0.1, 0.15) is 12.6 Å². The lowest BCUT2D eigenvalue weighted by atomic mass is 10.0. The standard InChI is InChI=1S/C30H36BrN3O4S/c1-22-14-16-26(17-15-22)34(39(5,37)38)21-28(35)33(20-24-12-9-13-25(31)18-24)27(29(36)32-30(2,3)4)19-23-10-7-6-8-11-23/h6-18,27H,19-21H2,1-5H3,(H,32,36)/t27-/m1/s1. The van der Waals surface area contributed by atoms with Crippen molar-refractivity contribution < 1.29 is 18.0 Å². The summed E-state index contributed by atoms with van der Waals surface area (Å²) in [4.78, 5) is 29.3. The first-order chi connectivity index (χ1) is 18.2. The zero-order valence-corrected chi connectivity index (χ0v) is 25.4. The van der Waals surface area contributed by atoms with Crippen LogP contribution in [0, 0.1) is 6.92 Å². The number of halogens is 1. The highest BCUT2D eigenvalue weighted by Gasteiger charge is 2.34. The second-order valence-electron chi connectivity index (χ2n) is 10.7. The fourth-order valence-electron chi connectivity index (χ4n) is 4.16. The van der Waals surface area contributed by atoms with Gasteiger partial charge in [-0.15, -0.1) is 0 Å². The molecule has 2 amide bonds. The molecule has 7 nitrogen and oxygen atoms in total. The van der Waals surface area contributed by atoms with Crippen molar-refractivity contribution in [2.75, 3.05) is 17.1 Å². The van der Waals surface area contributed by atoms with Gasteiger partial charge in [-0.05, 0) is 63.1 Å². The Bertz CT molecular complexity index is 1390. The van der Waals surface area contributed by atoms with Crippen LogP contribution in [0.15, 0.2) is 83.3 Å². The molecule has 208 valence electrons. The Kier molecular flexibility index (Phi) is 9.96. The number of carbonyl (C=O) groups is 2. The van der Waals surface area contributed by atoms with E-state index in [0.717, 1.165) is 31.7 Å². The quantitative estimate of drug-likeness (QED) is 0.345. The molecular formula is C30H36BrN3O4S. The predicted octanol–water partition coefficient (Wildman–Crippen LogP) is 5.08. The van der Waals surface area contributed by atoms with Gasteiger partial charge >= 0.3 is 0 Å². The van der Waals surface area contributed by atoms with Gasteiger partial charge in [0.25, 0.3) is 0 Å². The second-order valence-corrected chi connectivity index (χ2v) is 13.5. The van der Waals surface area contributed by atoms with E-state index >= 15 is 0 Å². The van der Waals surface area contributed by atoms with Crippen LogP contribution in [0.1, 0.15) is 37.5 Å². The van der Waals surface area contributed by atoms with Crippen molar-refractivity contribution >= 4 is 43.5 Å². The first-order valence-electron chi connectivity index (χ1n) is 12.7. The van der Waals surface area contributed by atoms with E-state index < -0.39 is 34.1 Å². The van der Waals surface area contributed by atoms with Gasteiger partial charge in [0.05, 0.1) is 11.9 Å². The third kappa shape index (κ3) is 9.21. The van der Waals surface area contributed by atoms with E-state index in [1.807, 2.05) is 82.3 Å². The highest BCUT2D eigenvalue weighted by molar-refractivity contribution is 9.10. The van der Waals surface area contributed by atoms with Gasteiger partial charge in [-0.2, -0.15) is 0 Å². The van der Waals surface area contributed by atoms with E-state index in [1.54, 1.807) is 24.3 Å². The predicted molar refractivity (Wildman–Crippen MR) is 160 cm³/mol. The molecule has 0 unspecified atom stereocenters. The Balaban J connectivity index is 2.07. The number of hydrogen-bond acceptors (Lipinski definition) is 4. The summed E-state index contributed by atoms with van der Waals surface area (Å²) >= 11 is 3.48. The minimum atomic E-state index is -3.79. The zero-order valence-electron chi connectivity index (χ0n) is 23.0. The molecule has 1 N–H and O–H groups in total. The van der Waals surface area contributed by atoms with Gasteiger partial charge < -0.3 is 10.2 Å². The molecule has 1 atom stereocenters. The van der Waals surface area contributed by atoms with E-state index in [9.17, 15) is 18.0 Å². The molecular weight excluding hydrogens is 578 g/mol. The maximum Gasteiger partial charge on any atom is 0.244 e. The molecule has 0 heterocycles. The molecule has 0 saturated heterocycles. The molecule has 0 aromatic heterocycles. The first-order valence-corrected chi connectivity index (χ1v) is 15.3. The number of aryl methyl sites for hydroxylation is 1. The maximum atomic E-state index is 14.1. The van der Waals surface area contributed by atoms with Crippen LogP contribution in [-0.2, 0) is 32.6 Å². The van der Waals surface area contributed by atoms with E-state index in [-0.39, 0.29) is 18.9 Å². The summed E-state index contributed by atoms with van der Waals surface area (Å²) in [5.74, 6) is -0.790. The number of hydrogen-bond donors (Lipinski definition) is 1. The molecule has 9 heteroatoms. The Labute approximate surface area is 240 Å². The fourth-order valence-corrected chi connectivity index (χ4v) is 5.46. The number of nitrogens with zero attached hydrogens (tertiary/aromatic N) is 2. The summed E-state index contributed by atoms with van der Waals surface area (Å²) in [6.07, 6.45) is 1.35. The number of nitrogens with one attached hydrogen (secondary N) is 1. The number of carbonyl (C=O) groups excluding carboxylic acids is 2. The molecule has 3 rings (SSSR count). The van der Waals surface area contributed by atoms with E-state index in [2.05, 4.69) is 21.2 Å². The topological polar surface area (TPSA) is 86.8 Å². The number of sulfonamides is 1. The van der Waals surface area contributed by atoms with Crippen molar-refractivity contribution in [2.24, 2.45) is 0 Å². The molecule has 39 heavy (non-hydrogen) atoms. The lowest BCUT2D eigenvalue weighted by Gasteiger charge is -2.35. The van der Waals surface area contributed by atoms with Gasteiger partial charge in [0, 0.05) is 23.0 Å². The molecule has 0 bridgehead atoms. The number of amides is 2. The molecule has 0 saturated carbocycles. The molecule has 0 aliphatic rings. The number of benzene rings is 3. The largest absolute Gasteiger partial charge is 0.350 e. The normalized spacial score (nSPS) is 12.5. The highest BCUT2D eigenvalue weighted by Crippen LogP contribution is 2.22. The molecule has 0 fully saturated rings. The van der Waals surface area contributed by atoms with E-state index in [4.69, 9.17) is 0 Å². The van der Waals surface area contributed by atoms with Crippen molar-refractivity contribution in [1.29, 1.82) is 0 Å². The summed E-state index contributed by atoms with van der Waals surface area (Å²) in [7, 11) is -3.79. The molecule has 0 aliphatic heterocycles. The van der Waals surface area contributed by atoms with Crippen LogP contribution in [-0.4, -0.2) is 49.5 Å². The van der Waals surface area contributed by atoms with Crippen LogP contribution in [0.3, 0.4) is 0 Å². The van der Waals surface area contributed by atoms with Crippen molar-refractivity contribution in [2.45, 2.75) is 52.2 Å². The lowest BCUT2D eigenvalue weighted by Crippen LogP contribution is -2.56. The minimum absolute atomic E-state index is 0.124. The fraction of sp³-hybridized carbons (Fsp3) is 0.333. The molecule has 3 aromatic rings. The number of rotatable bonds is 10. The van der Waals surface area contributed by atoms with Crippen LogP contribution in [0.25, 0.3) is 0 Å². The zero-order chi connectivity index (χ0) is 28.8. The van der Waals surface area contributed by atoms with Crippen LogP contribution in [0.5, 0.6) is 0 Å². The summed E-state index contributed by atoms with van der Waals surface area (Å²) < 4.78 is 27.6. The van der Waals surface area contributed by atoms with Crippen LogP contribution >= 0.6 is 15.9 Å².